The van der Waals surface area contributed by atoms with Crippen LogP contribution in [0.1, 0.15) is 29.3 Å². The number of carbonyl (C=O) groups excluding carboxylic acids is 1. The summed E-state index contributed by atoms with van der Waals surface area (Å²) in [5, 5.41) is 8.29. The lowest BCUT2D eigenvalue weighted by atomic mass is 10.0. The highest BCUT2D eigenvalue weighted by Crippen LogP contribution is 2.24. The minimum atomic E-state index is -1.85. The minimum Gasteiger partial charge on any atom is -0.294 e. The van der Waals surface area contributed by atoms with Crippen molar-refractivity contribution in [2.75, 3.05) is 0 Å². The second kappa shape index (κ2) is 4.31. The summed E-state index contributed by atoms with van der Waals surface area (Å²) in [6.07, 6.45) is -0.307. The number of ketones is 1. The fraction of sp³-hybridized carbons (Fsp3) is 0.200. The van der Waals surface area contributed by atoms with Crippen molar-refractivity contribution in [3.05, 3.63) is 34.4 Å². The van der Waals surface area contributed by atoms with E-state index >= 15 is 0 Å². The van der Waals surface area contributed by atoms with Gasteiger partial charge in [-0.25, -0.2) is 17.6 Å². The maximum absolute atomic E-state index is 13.2. The van der Waals surface area contributed by atoms with Gasteiger partial charge >= 0.3 is 0 Å². The van der Waals surface area contributed by atoms with E-state index in [1.807, 2.05) is 0 Å². The Hall–Kier alpha value is -1.90. The van der Waals surface area contributed by atoms with Crippen LogP contribution in [0, 0.1) is 34.6 Å². The van der Waals surface area contributed by atoms with Crippen LogP contribution in [0.2, 0.25) is 0 Å². The number of hydrogen-bond donors (Lipinski definition) is 0. The number of halogens is 4. The zero-order valence-electron chi connectivity index (χ0n) is 8.07. The standard InChI is InChI=1S/C10H5F4NO/c1-2-5(16)6-9(13)7(11)4(3-15)8(12)10(6)14/h2H2,1H3. The Kier molecular flexibility index (Phi) is 3.28. The molecule has 0 spiro atoms. The molecule has 0 saturated carbocycles. The third-order valence-corrected chi connectivity index (χ3v) is 1.98. The van der Waals surface area contributed by atoms with Gasteiger partial charge in [0.2, 0.25) is 0 Å². The molecule has 0 heterocycles. The number of benzene rings is 1. The van der Waals surface area contributed by atoms with E-state index in [1.54, 1.807) is 0 Å². The van der Waals surface area contributed by atoms with Gasteiger partial charge in [0.15, 0.2) is 29.1 Å². The van der Waals surface area contributed by atoms with Crippen LogP contribution in [0.25, 0.3) is 0 Å². The number of nitriles is 1. The molecule has 0 aromatic heterocycles. The fourth-order valence-electron chi connectivity index (χ4n) is 1.15. The Labute approximate surface area is 88.1 Å². The molecule has 84 valence electrons. The molecule has 2 nitrogen and oxygen atoms in total. The molecule has 0 unspecified atom stereocenters. The Balaban J connectivity index is 3.68. The van der Waals surface area contributed by atoms with Crippen molar-refractivity contribution in [1.82, 2.24) is 0 Å². The predicted molar refractivity (Wildman–Crippen MR) is 45.6 cm³/mol. The van der Waals surface area contributed by atoms with Gasteiger partial charge in [-0.3, -0.25) is 4.79 Å². The monoisotopic (exact) mass is 231 g/mol. The Bertz CT molecular complexity index is 476. The first-order chi connectivity index (χ1) is 7.45. The molecule has 0 aliphatic heterocycles. The molecule has 16 heavy (non-hydrogen) atoms. The largest absolute Gasteiger partial charge is 0.294 e. The smallest absolute Gasteiger partial charge is 0.180 e. The maximum Gasteiger partial charge on any atom is 0.180 e. The van der Waals surface area contributed by atoms with E-state index in [0.717, 1.165) is 6.07 Å². The number of rotatable bonds is 2. The molecular weight excluding hydrogens is 226 g/mol. The molecule has 0 radical (unpaired) electrons. The zero-order valence-corrected chi connectivity index (χ0v) is 8.07. The lowest BCUT2D eigenvalue weighted by molar-refractivity contribution is 0.0977. The number of nitrogens with zero attached hydrogens (tertiary/aromatic N) is 1. The van der Waals surface area contributed by atoms with E-state index in [0.29, 0.717) is 0 Å². The van der Waals surface area contributed by atoms with Crippen LogP contribution in [0.3, 0.4) is 0 Å². The topological polar surface area (TPSA) is 40.9 Å². The van der Waals surface area contributed by atoms with Crippen LogP contribution in [0.5, 0.6) is 0 Å². The number of Topliss-reactive ketones (excluding diaryl/α,β-unsaturated/α-hetero) is 1. The third-order valence-electron chi connectivity index (χ3n) is 1.98. The van der Waals surface area contributed by atoms with Crippen LogP contribution in [-0.2, 0) is 0 Å². The van der Waals surface area contributed by atoms with Gasteiger partial charge in [0.05, 0.1) is 5.56 Å². The van der Waals surface area contributed by atoms with Crippen molar-refractivity contribution in [1.29, 1.82) is 5.26 Å². The summed E-state index contributed by atoms with van der Waals surface area (Å²) in [5.41, 5.74) is -2.65. The van der Waals surface area contributed by atoms with Crippen LogP contribution in [0.4, 0.5) is 17.6 Å². The average Bonchev–Trinajstić information content (AvgIpc) is 2.27. The SMILES string of the molecule is CCC(=O)c1c(F)c(F)c(C#N)c(F)c1F. The highest BCUT2D eigenvalue weighted by atomic mass is 19.2. The van der Waals surface area contributed by atoms with E-state index in [-0.39, 0.29) is 6.42 Å². The summed E-state index contributed by atoms with van der Waals surface area (Å²) in [7, 11) is 0. The van der Waals surface area contributed by atoms with Gasteiger partial charge in [-0.15, -0.1) is 0 Å². The van der Waals surface area contributed by atoms with Crippen LogP contribution < -0.4 is 0 Å². The minimum absolute atomic E-state index is 0.307. The molecule has 1 aromatic carbocycles. The summed E-state index contributed by atoms with van der Waals surface area (Å²) in [6, 6.07) is 0.988. The van der Waals surface area contributed by atoms with E-state index < -0.39 is 40.2 Å². The predicted octanol–water partition coefficient (Wildman–Crippen LogP) is 2.71. The third kappa shape index (κ3) is 1.65. The Morgan fingerprint density at radius 1 is 1.12 bits per heavy atom. The molecule has 0 fully saturated rings. The van der Waals surface area contributed by atoms with Crippen LogP contribution in [0.15, 0.2) is 0 Å². The number of carbonyl (C=O) groups is 1. The molecule has 0 amide bonds. The Morgan fingerprint density at radius 2 is 1.56 bits per heavy atom. The first-order valence-electron chi connectivity index (χ1n) is 4.24. The van der Waals surface area contributed by atoms with Crippen molar-refractivity contribution in [2.45, 2.75) is 13.3 Å². The van der Waals surface area contributed by atoms with Gasteiger partial charge in [0.25, 0.3) is 0 Å². The van der Waals surface area contributed by atoms with Gasteiger partial charge in [-0.1, -0.05) is 6.92 Å². The van der Waals surface area contributed by atoms with Gasteiger partial charge in [0.1, 0.15) is 11.6 Å². The molecule has 0 bridgehead atoms. The van der Waals surface area contributed by atoms with Crippen LogP contribution >= 0.6 is 0 Å². The highest BCUT2D eigenvalue weighted by molar-refractivity contribution is 5.96. The second-order valence-corrected chi connectivity index (χ2v) is 2.89. The fourth-order valence-corrected chi connectivity index (χ4v) is 1.15. The molecule has 0 atom stereocenters. The lowest BCUT2D eigenvalue weighted by Gasteiger charge is -2.06. The lowest BCUT2D eigenvalue weighted by Crippen LogP contribution is -2.11. The van der Waals surface area contributed by atoms with E-state index in [1.165, 1.54) is 6.92 Å². The molecule has 0 N–H and O–H groups in total. The summed E-state index contributed by atoms with van der Waals surface area (Å²) in [6.45, 7) is 1.29. The van der Waals surface area contributed by atoms with Crippen molar-refractivity contribution in [3.8, 4) is 6.07 Å². The van der Waals surface area contributed by atoms with Gasteiger partial charge < -0.3 is 0 Å². The van der Waals surface area contributed by atoms with Gasteiger partial charge in [-0.2, -0.15) is 5.26 Å². The van der Waals surface area contributed by atoms with Gasteiger partial charge in [-0.05, 0) is 0 Å². The molecule has 1 aromatic rings. The maximum atomic E-state index is 13.2. The van der Waals surface area contributed by atoms with Gasteiger partial charge in [0, 0.05) is 6.42 Å². The van der Waals surface area contributed by atoms with Crippen molar-refractivity contribution >= 4 is 5.78 Å². The number of hydrogen-bond acceptors (Lipinski definition) is 2. The highest BCUT2D eigenvalue weighted by Gasteiger charge is 2.28. The summed E-state index contributed by atoms with van der Waals surface area (Å²) < 4.78 is 52.4. The van der Waals surface area contributed by atoms with Crippen molar-refractivity contribution < 1.29 is 22.4 Å². The van der Waals surface area contributed by atoms with E-state index in [4.69, 9.17) is 5.26 Å². The summed E-state index contributed by atoms with van der Waals surface area (Å²) in [5.74, 6) is -8.43. The molecule has 0 aliphatic rings. The van der Waals surface area contributed by atoms with E-state index in [9.17, 15) is 22.4 Å². The molecule has 1 rings (SSSR count). The van der Waals surface area contributed by atoms with Crippen molar-refractivity contribution in [3.63, 3.8) is 0 Å². The molecule has 6 heteroatoms. The first kappa shape index (κ1) is 12.2. The summed E-state index contributed by atoms with van der Waals surface area (Å²) in [4.78, 5) is 11.1. The average molecular weight is 231 g/mol. The zero-order chi connectivity index (χ0) is 12.5. The molecule has 0 aliphatic carbocycles. The quantitative estimate of drug-likeness (QED) is 0.446. The molecule has 0 saturated heterocycles. The van der Waals surface area contributed by atoms with Crippen LogP contribution in [-0.4, -0.2) is 5.78 Å². The normalized spacial score (nSPS) is 10.0. The molecular formula is C10H5F4NO. The van der Waals surface area contributed by atoms with E-state index in [2.05, 4.69) is 0 Å². The first-order valence-corrected chi connectivity index (χ1v) is 4.24. The Morgan fingerprint density at radius 3 is 1.88 bits per heavy atom. The van der Waals surface area contributed by atoms with Crippen molar-refractivity contribution in [2.24, 2.45) is 0 Å². The second-order valence-electron chi connectivity index (χ2n) is 2.89. The summed E-state index contributed by atoms with van der Waals surface area (Å²) >= 11 is 0.